The number of carbonyl (C=O) groups excluding carboxylic acids is 2. The highest BCUT2D eigenvalue weighted by atomic mass is 16.6. The third-order valence-electron chi connectivity index (χ3n) is 3.77. The standard InChI is InChI=1S/C17H19N3O6/c1-4-25-16(21)14-13(15(19-18-14)17(22)26-5-2)9-11-8-12(20(23)24)7-6-10(11)3/h6-8,11H,3-5,9H2,1-2H3,(H,18,19). The van der Waals surface area contributed by atoms with E-state index in [4.69, 9.17) is 9.47 Å². The van der Waals surface area contributed by atoms with E-state index in [0.717, 1.165) is 0 Å². The van der Waals surface area contributed by atoms with E-state index in [0.29, 0.717) is 5.57 Å². The average Bonchev–Trinajstić information content (AvgIpc) is 3.01. The summed E-state index contributed by atoms with van der Waals surface area (Å²) in [5.41, 5.74) is 0.784. The van der Waals surface area contributed by atoms with E-state index in [9.17, 15) is 19.7 Å². The lowest BCUT2D eigenvalue weighted by Crippen LogP contribution is -2.16. The van der Waals surface area contributed by atoms with E-state index in [1.54, 1.807) is 13.8 Å². The van der Waals surface area contributed by atoms with Gasteiger partial charge in [0.2, 0.25) is 0 Å². The van der Waals surface area contributed by atoms with Gasteiger partial charge in [-0.2, -0.15) is 5.10 Å². The number of nitrogens with zero attached hydrogens (tertiary/aromatic N) is 2. The smallest absolute Gasteiger partial charge is 0.359 e. The van der Waals surface area contributed by atoms with Crippen LogP contribution in [0.5, 0.6) is 0 Å². The molecule has 26 heavy (non-hydrogen) atoms. The zero-order chi connectivity index (χ0) is 19.3. The van der Waals surface area contributed by atoms with Crippen LogP contribution in [0.4, 0.5) is 0 Å². The number of aromatic amines is 1. The molecule has 1 aromatic rings. The van der Waals surface area contributed by atoms with Crippen LogP contribution < -0.4 is 0 Å². The Balaban J connectivity index is 2.42. The van der Waals surface area contributed by atoms with Gasteiger partial charge in [-0.15, -0.1) is 0 Å². The largest absolute Gasteiger partial charge is 0.461 e. The Morgan fingerprint density at radius 3 is 2.54 bits per heavy atom. The maximum atomic E-state index is 12.1. The number of allylic oxidation sites excluding steroid dienone is 4. The maximum absolute atomic E-state index is 12.1. The van der Waals surface area contributed by atoms with Gasteiger partial charge in [-0.1, -0.05) is 12.7 Å². The number of hydrogen-bond donors (Lipinski definition) is 1. The number of hydrogen-bond acceptors (Lipinski definition) is 7. The van der Waals surface area contributed by atoms with Crippen molar-refractivity contribution >= 4 is 11.9 Å². The van der Waals surface area contributed by atoms with E-state index in [-0.39, 0.29) is 42.3 Å². The van der Waals surface area contributed by atoms with Gasteiger partial charge < -0.3 is 9.47 Å². The van der Waals surface area contributed by atoms with Crippen molar-refractivity contribution in [3.05, 3.63) is 63.1 Å². The Hall–Kier alpha value is -3.23. The number of aromatic nitrogens is 2. The summed E-state index contributed by atoms with van der Waals surface area (Å²) in [5, 5.41) is 17.4. The van der Waals surface area contributed by atoms with Gasteiger partial charge in [0.05, 0.1) is 18.1 Å². The van der Waals surface area contributed by atoms with Crippen molar-refractivity contribution < 1.29 is 24.0 Å². The fraction of sp³-hybridized carbons (Fsp3) is 0.353. The summed E-state index contributed by atoms with van der Waals surface area (Å²) in [5.74, 6) is -1.83. The third-order valence-corrected chi connectivity index (χ3v) is 3.77. The summed E-state index contributed by atoms with van der Waals surface area (Å²) in [6.07, 6.45) is 4.43. The van der Waals surface area contributed by atoms with Crippen LogP contribution >= 0.6 is 0 Å². The molecule has 1 atom stereocenters. The maximum Gasteiger partial charge on any atom is 0.359 e. The fourth-order valence-corrected chi connectivity index (χ4v) is 2.52. The van der Waals surface area contributed by atoms with Gasteiger partial charge in [-0.05, 0) is 25.8 Å². The van der Waals surface area contributed by atoms with E-state index < -0.39 is 22.8 Å². The molecular formula is C17H19N3O6. The molecule has 1 unspecified atom stereocenters. The lowest BCUT2D eigenvalue weighted by molar-refractivity contribution is -0.419. The summed E-state index contributed by atoms with van der Waals surface area (Å²) in [6, 6.07) is 0. The molecule has 1 aromatic heterocycles. The minimum atomic E-state index is -0.690. The first-order valence-electron chi connectivity index (χ1n) is 8.03. The molecular weight excluding hydrogens is 342 g/mol. The molecule has 0 radical (unpaired) electrons. The molecule has 1 aliphatic rings. The van der Waals surface area contributed by atoms with Crippen LogP contribution in [-0.2, 0) is 15.9 Å². The number of esters is 2. The van der Waals surface area contributed by atoms with Gasteiger partial charge in [0.1, 0.15) is 5.69 Å². The minimum absolute atomic E-state index is 0.0216. The Kier molecular flexibility index (Phi) is 6.05. The second-order valence-corrected chi connectivity index (χ2v) is 5.43. The number of nitro groups is 1. The van der Waals surface area contributed by atoms with E-state index in [1.165, 1.54) is 18.2 Å². The molecule has 0 spiro atoms. The first kappa shape index (κ1) is 19.1. The van der Waals surface area contributed by atoms with Crippen molar-refractivity contribution in [2.75, 3.05) is 13.2 Å². The first-order chi connectivity index (χ1) is 12.4. The fourth-order valence-electron chi connectivity index (χ4n) is 2.52. The molecule has 0 aromatic carbocycles. The average molecular weight is 361 g/mol. The van der Waals surface area contributed by atoms with Crippen LogP contribution in [0.25, 0.3) is 0 Å². The second-order valence-electron chi connectivity index (χ2n) is 5.43. The van der Waals surface area contributed by atoms with Crippen molar-refractivity contribution in [1.82, 2.24) is 10.2 Å². The molecule has 1 N–H and O–H groups in total. The van der Waals surface area contributed by atoms with Crippen molar-refractivity contribution in [2.45, 2.75) is 20.3 Å². The number of carbonyl (C=O) groups is 2. The lowest BCUT2D eigenvalue weighted by Gasteiger charge is -2.16. The predicted octanol–water partition coefficient (Wildman–Crippen LogP) is 2.21. The van der Waals surface area contributed by atoms with Gasteiger partial charge in [-0.25, -0.2) is 9.59 Å². The lowest BCUT2D eigenvalue weighted by atomic mass is 9.87. The monoisotopic (exact) mass is 361 g/mol. The number of nitrogens with one attached hydrogen (secondary N) is 1. The first-order valence-corrected chi connectivity index (χ1v) is 8.03. The van der Waals surface area contributed by atoms with Crippen molar-refractivity contribution in [3.8, 4) is 0 Å². The number of ether oxygens (including phenoxy) is 2. The Morgan fingerprint density at radius 2 is 1.92 bits per heavy atom. The van der Waals surface area contributed by atoms with Crippen molar-refractivity contribution in [3.63, 3.8) is 0 Å². The zero-order valence-corrected chi connectivity index (χ0v) is 14.5. The molecule has 2 rings (SSSR count). The van der Waals surface area contributed by atoms with Crippen LogP contribution in [0.2, 0.25) is 0 Å². The molecule has 0 bridgehead atoms. The van der Waals surface area contributed by atoms with Crippen LogP contribution in [0.15, 0.2) is 36.1 Å². The molecule has 0 amide bonds. The predicted molar refractivity (Wildman–Crippen MR) is 91.1 cm³/mol. The Labute approximate surface area is 149 Å². The summed E-state index contributed by atoms with van der Waals surface area (Å²) < 4.78 is 9.94. The van der Waals surface area contributed by atoms with Crippen molar-refractivity contribution in [2.24, 2.45) is 5.92 Å². The Bertz CT molecular complexity index is 770. The molecule has 138 valence electrons. The molecule has 0 fully saturated rings. The second kappa shape index (κ2) is 8.24. The highest BCUT2D eigenvalue weighted by Gasteiger charge is 2.29. The highest BCUT2D eigenvalue weighted by Crippen LogP contribution is 2.28. The Morgan fingerprint density at radius 1 is 1.27 bits per heavy atom. The van der Waals surface area contributed by atoms with E-state index in [1.807, 2.05) is 0 Å². The molecule has 1 aliphatic carbocycles. The summed E-state index contributed by atoms with van der Waals surface area (Å²) in [6.45, 7) is 7.47. The van der Waals surface area contributed by atoms with Gasteiger partial charge in [0.25, 0.3) is 5.70 Å². The van der Waals surface area contributed by atoms with E-state index in [2.05, 4.69) is 16.8 Å². The zero-order valence-electron chi connectivity index (χ0n) is 14.5. The minimum Gasteiger partial charge on any atom is -0.461 e. The van der Waals surface area contributed by atoms with Crippen LogP contribution in [0.3, 0.4) is 0 Å². The molecule has 9 heteroatoms. The van der Waals surface area contributed by atoms with Crippen LogP contribution in [-0.4, -0.2) is 40.3 Å². The normalized spacial score (nSPS) is 16.2. The molecule has 1 heterocycles. The molecule has 0 saturated heterocycles. The molecule has 0 saturated carbocycles. The SMILES string of the molecule is C=C1C=CC([N+](=O)[O-])=CC1Cc1c(C(=O)OCC)n[nH]c1C(=O)OCC. The van der Waals surface area contributed by atoms with Gasteiger partial charge in [0, 0.05) is 23.6 Å². The van der Waals surface area contributed by atoms with Crippen LogP contribution in [0, 0.1) is 16.0 Å². The van der Waals surface area contributed by atoms with Gasteiger partial charge in [0.15, 0.2) is 5.69 Å². The number of H-pyrrole nitrogens is 1. The van der Waals surface area contributed by atoms with Crippen molar-refractivity contribution in [1.29, 1.82) is 0 Å². The summed E-state index contributed by atoms with van der Waals surface area (Å²) >= 11 is 0. The summed E-state index contributed by atoms with van der Waals surface area (Å²) in [4.78, 5) is 34.8. The number of rotatable bonds is 7. The van der Waals surface area contributed by atoms with Crippen LogP contribution in [0.1, 0.15) is 40.4 Å². The summed E-state index contributed by atoms with van der Waals surface area (Å²) in [7, 11) is 0. The third kappa shape index (κ3) is 4.05. The molecule has 9 nitrogen and oxygen atoms in total. The topological polar surface area (TPSA) is 124 Å². The van der Waals surface area contributed by atoms with Gasteiger partial charge in [-0.3, -0.25) is 15.2 Å². The molecule has 0 aliphatic heterocycles. The quantitative estimate of drug-likeness (QED) is 0.448. The van der Waals surface area contributed by atoms with E-state index >= 15 is 0 Å². The van der Waals surface area contributed by atoms with Gasteiger partial charge >= 0.3 is 11.9 Å². The highest BCUT2D eigenvalue weighted by molar-refractivity contribution is 5.95.